The second-order valence-electron chi connectivity index (χ2n) is 7.51. The van der Waals surface area contributed by atoms with Gasteiger partial charge in [-0.15, -0.1) is 10.2 Å². The molecule has 2 heterocycles. The van der Waals surface area contributed by atoms with E-state index in [0.29, 0.717) is 17.3 Å². The first-order valence-electron chi connectivity index (χ1n) is 10.5. The van der Waals surface area contributed by atoms with Crippen molar-refractivity contribution in [1.29, 1.82) is 0 Å². The number of para-hydroxylation sites is 1. The monoisotopic (exact) mass is 484 g/mol. The largest absolute Gasteiger partial charge is 0.325 e. The molecule has 0 unspecified atom stereocenters. The average molecular weight is 485 g/mol. The highest BCUT2D eigenvalue weighted by molar-refractivity contribution is 8.00. The van der Waals surface area contributed by atoms with Gasteiger partial charge < -0.3 is 9.88 Å². The first-order valence-corrected chi connectivity index (χ1v) is 13.0. The number of thioether (sulfide) groups is 1. The normalized spacial score (nSPS) is 12.8. The maximum atomic E-state index is 12.8. The Morgan fingerprint density at radius 1 is 1.12 bits per heavy atom. The number of nitrogens with two attached hydrogens (primary N) is 1. The molecule has 1 amide bonds. The summed E-state index contributed by atoms with van der Waals surface area (Å²) in [6.07, 6.45) is 1.50. The Hall–Kier alpha value is -3.02. The van der Waals surface area contributed by atoms with E-state index < -0.39 is 15.3 Å². The van der Waals surface area contributed by atoms with Crippen molar-refractivity contribution in [1.82, 2.24) is 19.7 Å². The van der Waals surface area contributed by atoms with Crippen molar-refractivity contribution in [2.75, 3.05) is 5.32 Å². The summed E-state index contributed by atoms with van der Waals surface area (Å²) in [5, 5.41) is 17.6. The van der Waals surface area contributed by atoms with Gasteiger partial charge in [0, 0.05) is 17.6 Å². The van der Waals surface area contributed by atoms with Gasteiger partial charge in [-0.1, -0.05) is 43.8 Å². The topological polar surface area (TPSA) is 133 Å². The molecule has 0 aliphatic rings. The quantitative estimate of drug-likeness (QED) is 0.365. The first-order chi connectivity index (χ1) is 15.8. The second-order valence-corrected chi connectivity index (χ2v) is 10.2. The van der Waals surface area contributed by atoms with E-state index >= 15 is 0 Å². The summed E-state index contributed by atoms with van der Waals surface area (Å²) in [7, 11) is -3.79. The summed E-state index contributed by atoms with van der Waals surface area (Å²) in [5.74, 6) is -0.233. The van der Waals surface area contributed by atoms with Crippen molar-refractivity contribution in [2.45, 2.75) is 48.5 Å². The highest BCUT2D eigenvalue weighted by Crippen LogP contribution is 2.29. The molecule has 0 saturated heterocycles. The minimum atomic E-state index is -3.79. The number of nitrogens with zero attached hydrogens (tertiary/aromatic N) is 4. The third-order valence-electron chi connectivity index (χ3n) is 5.16. The zero-order valence-corrected chi connectivity index (χ0v) is 19.9. The number of anilines is 1. The Balaban J connectivity index is 1.57. The van der Waals surface area contributed by atoms with Crippen molar-refractivity contribution in [3.8, 4) is 0 Å². The number of benzene rings is 2. The molecular weight excluding hydrogens is 460 g/mol. The highest BCUT2D eigenvalue weighted by Gasteiger charge is 2.22. The number of nitrogens with one attached hydrogen (secondary N) is 1. The van der Waals surface area contributed by atoms with Crippen molar-refractivity contribution >= 4 is 55.4 Å². The molecule has 2 aromatic carbocycles. The van der Waals surface area contributed by atoms with E-state index in [1.807, 2.05) is 31.2 Å². The van der Waals surface area contributed by atoms with Crippen LogP contribution in [0.5, 0.6) is 0 Å². The maximum Gasteiger partial charge on any atom is 0.238 e. The van der Waals surface area contributed by atoms with Crippen LogP contribution in [0.15, 0.2) is 58.6 Å². The van der Waals surface area contributed by atoms with E-state index in [0.717, 1.165) is 35.0 Å². The number of primary sulfonamides is 1. The molecular formula is C22H24N6O3S2. The van der Waals surface area contributed by atoms with Gasteiger partial charge >= 0.3 is 0 Å². The highest BCUT2D eigenvalue weighted by atomic mass is 32.2. The van der Waals surface area contributed by atoms with E-state index in [-0.39, 0.29) is 10.8 Å². The SMILES string of the molecule is CCCn1c2ccccc2c2nnc(S[C@H](CC)C(=O)Nc3ccc(S(N)(=O)=O)cc3)nc21. The maximum absolute atomic E-state index is 12.8. The average Bonchev–Trinajstić information content (AvgIpc) is 3.10. The molecule has 3 N–H and O–H groups in total. The minimum Gasteiger partial charge on any atom is -0.325 e. The summed E-state index contributed by atoms with van der Waals surface area (Å²) in [6, 6.07) is 13.7. The summed E-state index contributed by atoms with van der Waals surface area (Å²) in [6.45, 7) is 4.82. The number of aromatic nitrogens is 4. The fraction of sp³-hybridized carbons (Fsp3) is 0.273. The van der Waals surface area contributed by atoms with Gasteiger partial charge in [-0.3, -0.25) is 4.79 Å². The van der Waals surface area contributed by atoms with Gasteiger partial charge in [0.05, 0.1) is 15.7 Å². The van der Waals surface area contributed by atoms with Crippen LogP contribution in [0.3, 0.4) is 0 Å². The predicted molar refractivity (Wildman–Crippen MR) is 130 cm³/mol. The van der Waals surface area contributed by atoms with Gasteiger partial charge in [0.2, 0.25) is 21.1 Å². The zero-order valence-electron chi connectivity index (χ0n) is 18.2. The molecule has 0 bridgehead atoms. The summed E-state index contributed by atoms with van der Waals surface area (Å²) >= 11 is 1.25. The number of aryl methyl sites for hydroxylation is 1. The number of hydrogen-bond donors (Lipinski definition) is 2. The number of hydrogen-bond acceptors (Lipinski definition) is 7. The molecule has 33 heavy (non-hydrogen) atoms. The van der Waals surface area contributed by atoms with Gasteiger partial charge in [-0.25, -0.2) is 18.5 Å². The number of sulfonamides is 1. The van der Waals surface area contributed by atoms with Crippen LogP contribution in [0.4, 0.5) is 5.69 Å². The Labute approximate surface area is 195 Å². The lowest BCUT2D eigenvalue weighted by molar-refractivity contribution is -0.115. The van der Waals surface area contributed by atoms with Gasteiger partial charge in [-0.2, -0.15) is 0 Å². The molecule has 4 rings (SSSR count). The van der Waals surface area contributed by atoms with Gasteiger partial charge in [-0.05, 0) is 43.2 Å². The van der Waals surface area contributed by atoms with Crippen molar-refractivity contribution in [3.63, 3.8) is 0 Å². The second kappa shape index (κ2) is 9.46. The third kappa shape index (κ3) is 4.85. The predicted octanol–water partition coefficient (Wildman–Crippen LogP) is 3.55. The zero-order chi connectivity index (χ0) is 23.6. The fourth-order valence-corrected chi connectivity index (χ4v) is 4.92. The Kier molecular flexibility index (Phi) is 6.63. The number of fused-ring (bicyclic) bond motifs is 3. The van der Waals surface area contributed by atoms with E-state index in [1.165, 1.54) is 36.0 Å². The van der Waals surface area contributed by atoms with Crippen molar-refractivity contribution < 1.29 is 13.2 Å². The molecule has 0 aliphatic carbocycles. The fourth-order valence-electron chi connectivity index (χ4n) is 3.59. The van der Waals surface area contributed by atoms with E-state index in [9.17, 15) is 13.2 Å². The standard InChI is InChI=1S/C22H24N6O3S2/c1-3-13-28-17-8-6-5-7-16(17)19-20(28)25-22(27-26-19)32-18(4-2)21(29)24-14-9-11-15(12-10-14)33(23,30)31/h5-12,18H,3-4,13H2,1-2H3,(H,24,29)(H2,23,30,31)/t18-/m1/s1. The van der Waals surface area contributed by atoms with E-state index in [4.69, 9.17) is 10.1 Å². The number of carbonyl (C=O) groups is 1. The van der Waals surface area contributed by atoms with Crippen molar-refractivity contribution in [2.24, 2.45) is 5.14 Å². The summed E-state index contributed by atoms with van der Waals surface area (Å²) in [4.78, 5) is 17.6. The van der Waals surface area contributed by atoms with E-state index in [1.54, 1.807) is 0 Å². The van der Waals surface area contributed by atoms with Crippen LogP contribution in [0.1, 0.15) is 26.7 Å². The van der Waals surface area contributed by atoms with Crippen LogP contribution in [0.2, 0.25) is 0 Å². The number of amides is 1. The lowest BCUT2D eigenvalue weighted by Crippen LogP contribution is -2.25. The molecule has 0 aliphatic heterocycles. The molecule has 0 radical (unpaired) electrons. The van der Waals surface area contributed by atoms with Crippen LogP contribution in [-0.4, -0.2) is 39.3 Å². The van der Waals surface area contributed by atoms with Gasteiger partial charge in [0.25, 0.3) is 0 Å². The van der Waals surface area contributed by atoms with Crippen LogP contribution >= 0.6 is 11.8 Å². The van der Waals surface area contributed by atoms with Gasteiger partial charge in [0.1, 0.15) is 5.52 Å². The van der Waals surface area contributed by atoms with Crippen LogP contribution in [0, 0.1) is 0 Å². The number of rotatable bonds is 8. The Bertz CT molecular complexity index is 1420. The summed E-state index contributed by atoms with van der Waals surface area (Å²) < 4.78 is 24.9. The smallest absolute Gasteiger partial charge is 0.238 e. The molecule has 4 aromatic rings. The van der Waals surface area contributed by atoms with Crippen molar-refractivity contribution in [3.05, 3.63) is 48.5 Å². The lowest BCUT2D eigenvalue weighted by atomic mass is 10.2. The summed E-state index contributed by atoms with van der Waals surface area (Å²) in [5.41, 5.74) is 3.04. The minimum absolute atomic E-state index is 0.0165. The first kappa shape index (κ1) is 23.1. The molecule has 0 fully saturated rings. The molecule has 9 nitrogen and oxygen atoms in total. The lowest BCUT2D eigenvalue weighted by Gasteiger charge is -2.14. The molecule has 172 valence electrons. The molecule has 0 spiro atoms. The Morgan fingerprint density at radius 3 is 2.52 bits per heavy atom. The van der Waals surface area contributed by atoms with E-state index in [2.05, 4.69) is 27.0 Å². The van der Waals surface area contributed by atoms with Gasteiger partial charge in [0.15, 0.2) is 5.65 Å². The molecule has 1 atom stereocenters. The number of carbonyl (C=O) groups excluding carboxylic acids is 1. The molecule has 0 saturated carbocycles. The van der Waals surface area contributed by atoms with Crippen LogP contribution in [-0.2, 0) is 21.4 Å². The molecule has 11 heteroatoms. The Morgan fingerprint density at radius 2 is 1.85 bits per heavy atom. The third-order valence-corrected chi connectivity index (χ3v) is 7.31. The van der Waals surface area contributed by atoms with Crippen LogP contribution < -0.4 is 10.5 Å². The van der Waals surface area contributed by atoms with Crippen LogP contribution in [0.25, 0.3) is 22.1 Å². The molecule has 2 aromatic heterocycles.